The third-order valence-corrected chi connectivity index (χ3v) is 11.5. The lowest BCUT2D eigenvalue weighted by atomic mass is 9.77. The van der Waals surface area contributed by atoms with E-state index in [1.807, 2.05) is 148 Å². The number of urea groups is 1. The molecule has 7 rings (SSSR count). The van der Waals surface area contributed by atoms with E-state index in [4.69, 9.17) is 15.0 Å². The van der Waals surface area contributed by atoms with E-state index >= 15 is 0 Å². The van der Waals surface area contributed by atoms with Crippen molar-refractivity contribution in [2.24, 2.45) is 0 Å². The van der Waals surface area contributed by atoms with Crippen molar-refractivity contribution < 1.29 is 19.1 Å². The maximum atomic E-state index is 14.0. The van der Waals surface area contributed by atoms with Crippen molar-refractivity contribution >= 4 is 23.6 Å². The van der Waals surface area contributed by atoms with Gasteiger partial charge in [-0.2, -0.15) is 0 Å². The van der Waals surface area contributed by atoms with E-state index in [1.54, 1.807) is 6.92 Å². The summed E-state index contributed by atoms with van der Waals surface area (Å²) in [5.41, 5.74) is 9.14. The van der Waals surface area contributed by atoms with E-state index < -0.39 is 23.6 Å². The molecule has 11 heteroatoms. The monoisotopic (exact) mass is 853 g/mol. The van der Waals surface area contributed by atoms with Gasteiger partial charge < -0.3 is 20.3 Å². The molecule has 64 heavy (non-hydrogen) atoms. The number of hydrogen-bond acceptors (Lipinski definition) is 7. The molecule has 0 aliphatic carbocycles. The van der Waals surface area contributed by atoms with Gasteiger partial charge in [0.25, 0.3) is 0 Å². The minimum absolute atomic E-state index is 0.124. The highest BCUT2D eigenvalue weighted by Crippen LogP contribution is 2.43. The molecule has 11 nitrogen and oxygen atoms in total. The summed E-state index contributed by atoms with van der Waals surface area (Å²) in [6.07, 6.45) is 1.71. The number of carbonyl (C=O) groups excluding carboxylic acids is 3. The molecule has 7 aromatic rings. The average molecular weight is 854 g/mol. The molecule has 0 bridgehead atoms. The lowest BCUT2D eigenvalue weighted by Gasteiger charge is -2.36. The largest absolute Gasteiger partial charge is 0.464 e. The molecule has 2 N–H and O–H groups in total. The number of hydrogen-bond donors (Lipinski definition) is 2. The van der Waals surface area contributed by atoms with Crippen LogP contribution in [0.5, 0.6) is 0 Å². The van der Waals surface area contributed by atoms with Crippen LogP contribution in [0, 0.1) is 20.8 Å². The summed E-state index contributed by atoms with van der Waals surface area (Å²) >= 11 is 0. The van der Waals surface area contributed by atoms with Crippen molar-refractivity contribution in [1.82, 2.24) is 30.4 Å². The van der Waals surface area contributed by atoms with Crippen LogP contribution >= 0.6 is 0 Å². The van der Waals surface area contributed by atoms with Crippen LogP contribution in [0.2, 0.25) is 0 Å². The molecule has 0 spiro atoms. The summed E-state index contributed by atoms with van der Waals surface area (Å²) in [6.45, 7) is 9.73. The summed E-state index contributed by atoms with van der Waals surface area (Å²) < 4.78 is 7.42. The molecule has 0 aliphatic rings. The molecule has 0 fully saturated rings. The van der Waals surface area contributed by atoms with Crippen LogP contribution in [-0.4, -0.2) is 62.2 Å². The average Bonchev–Trinajstić information content (AvgIpc) is 3.81. The fraction of sp³-hybridized carbons (Fsp3) is 0.245. The minimum atomic E-state index is -1.06. The number of benzene rings is 6. The maximum absolute atomic E-state index is 14.0. The van der Waals surface area contributed by atoms with E-state index in [9.17, 15) is 14.4 Å². The fourth-order valence-electron chi connectivity index (χ4n) is 8.53. The molecule has 6 aromatic carbocycles. The summed E-state index contributed by atoms with van der Waals surface area (Å²) in [7, 11) is 0. The Morgan fingerprint density at radius 2 is 1.27 bits per heavy atom. The van der Waals surface area contributed by atoms with Crippen molar-refractivity contribution in [3.8, 4) is 22.5 Å². The Labute approximate surface area is 375 Å². The Hall–Kier alpha value is -7.40. The van der Waals surface area contributed by atoms with Crippen LogP contribution in [0.25, 0.3) is 22.5 Å². The first-order chi connectivity index (χ1) is 31.1. The number of aromatic nitrogens is 4. The smallest absolute Gasteiger partial charge is 0.330 e. The molecule has 1 heterocycles. The Balaban J connectivity index is 1.22. The Morgan fingerprint density at radius 1 is 0.719 bits per heavy atom. The minimum Gasteiger partial charge on any atom is -0.464 e. The number of ether oxygens (including phenoxy) is 1. The molecule has 3 amide bonds. The first-order valence-corrected chi connectivity index (χ1v) is 21.9. The molecule has 0 saturated heterocycles. The van der Waals surface area contributed by atoms with E-state index in [-0.39, 0.29) is 32.0 Å². The van der Waals surface area contributed by atoms with Crippen LogP contribution in [0.4, 0.5) is 10.5 Å². The Morgan fingerprint density at radius 3 is 1.81 bits per heavy atom. The number of tetrazole rings is 1. The molecule has 0 aliphatic heterocycles. The van der Waals surface area contributed by atoms with Gasteiger partial charge in [-0.25, -0.2) is 14.3 Å². The van der Waals surface area contributed by atoms with E-state index in [0.29, 0.717) is 17.9 Å². The van der Waals surface area contributed by atoms with E-state index in [1.165, 1.54) is 4.90 Å². The SMILES string of the molecule is CCCCC(=O)N(Cc1ccc(-c2ccccc2-c2nnnn2C(c2ccccc2)(c2ccccc2)c2ccccc2)cc1)C(CNC(=O)Nc1c(C)cc(C)cc1C)C(=O)OCC. The maximum Gasteiger partial charge on any atom is 0.330 e. The highest BCUT2D eigenvalue weighted by Gasteiger charge is 2.42. The molecule has 326 valence electrons. The zero-order valence-electron chi connectivity index (χ0n) is 37.1. The number of esters is 1. The van der Waals surface area contributed by atoms with Crippen molar-refractivity contribution in [2.75, 3.05) is 18.5 Å². The highest BCUT2D eigenvalue weighted by atomic mass is 16.5. The number of nitrogens with one attached hydrogen (secondary N) is 2. The quantitative estimate of drug-likeness (QED) is 0.0689. The van der Waals surface area contributed by atoms with Gasteiger partial charge >= 0.3 is 12.0 Å². The zero-order chi connectivity index (χ0) is 45.1. The fourth-order valence-corrected chi connectivity index (χ4v) is 8.53. The van der Waals surface area contributed by atoms with Crippen LogP contribution in [0.3, 0.4) is 0 Å². The van der Waals surface area contributed by atoms with Gasteiger partial charge in [0.2, 0.25) is 5.91 Å². The molecule has 1 unspecified atom stereocenters. The number of nitrogens with zero attached hydrogens (tertiary/aromatic N) is 5. The molecular formula is C53H55N7O4. The van der Waals surface area contributed by atoms with Crippen LogP contribution in [0.1, 0.15) is 72.1 Å². The van der Waals surface area contributed by atoms with Gasteiger partial charge in [0.1, 0.15) is 11.6 Å². The predicted octanol–water partition coefficient (Wildman–Crippen LogP) is 10.0. The molecule has 0 radical (unpaired) electrons. The number of anilines is 1. The molecular weight excluding hydrogens is 799 g/mol. The van der Waals surface area contributed by atoms with Gasteiger partial charge in [-0.3, -0.25) is 4.79 Å². The third kappa shape index (κ3) is 9.63. The number of amides is 3. The normalized spacial score (nSPS) is 11.7. The number of unbranched alkanes of at least 4 members (excludes halogenated alkanes) is 1. The van der Waals surface area contributed by atoms with Gasteiger partial charge in [-0.1, -0.05) is 171 Å². The van der Waals surface area contributed by atoms with Crippen molar-refractivity contribution in [2.45, 2.75) is 72.0 Å². The summed E-state index contributed by atoms with van der Waals surface area (Å²) in [6, 6.07) is 49.3. The van der Waals surface area contributed by atoms with Crippen molar-refractivity contribution in [1.29, 1.82) is 0 Å². The summed E-state index contributed by atoms with van der Waals surface area (Å²) in [4.78, 5) is 42.4. The van der Waals surface area contributed by atoms with Gasteiger partial charge in [-0.05, 0) is 89.1 Å². The Bertz CT molecular complexity index is 2550. The summed E-state index contributed by atoms with van der Waals surface area (Å²) in [5.74, 6) is -0.214. The lowest BCUT2D eigenvalue weighted by molar-refractivity contribution is -0.155. The standard InChI is InChI=1S/C53H55N7O4/c1-6-8-28-48(61)59(47(51(62)64-7-2)35-54-52(63)55-49-38(4)33-37(3)34-39(49)5)36-40-29-31-41(32-30-40)45-26-18-19-27-46(45)50-56-57-58-60(50)53(42-20-12-9-13-21-42,43-22-14-10-15-23-43)44-24-16-11-17-25-44/h9-27,29-34,47H,6-8,28,35-36H2,1-5H3,(H2,54,55,63). The highest BCUT2D eigenvalue weighted by molar-refractivity contribution is 5.92. The van der Waals surface area contributed by atoms with Crippen LogP contribution in [0.15, 0.2) is 152 Å². The predicted molar refractivity (Wildman–Crippen MR) is 251 cm³/mol. The first kappa shape index (κ1) is 44.6. The first-order valence-electron chi connectivity index (χ1n) is 21.9. The van der Waals surface area contributed by atoms with Crippen LogP contribution < -0.4 is 10.6 Å². The lowest BCUT2D eigenvalue weighted by Crippen LogP contribution is -2.52. The van der Waals surface area contributed by atoms with Gasteiger partial charge in [0.15, 0.2) is 5.82 Å². The second-order valence-electron chi connectivity index (χ2n) is 16.0. The second kappa shape index (κ2) is 20.6. The van der Waals surface area contributed by atoms with Crippen molar-refractivity contribution in [3.63, 3.8) is 0 Å². The zero-order valence-corrected chi connectivity index (χ0v) is 37.1. The molecule has 0 saturated carbocycles. The van der Waals surface area contributed by atoms with E-state index in [0.717, 1.165) is 62.1 Å². The van der Waals surface area contributed by atoms with E-state index in [2.05, 4.69) is 52.2 Å². The number of rotatable bonds is 17. The van der Waals surface area contributed by atoms with Gasteiger partial charge in [0, 0.05) is 24.2 Å². The third-order valence-electron chi connectivity index (χ3n) is 11.5. The number of aryl methyl sites for hydroxylation is 3. The molecule has 1 atom stereocenters. The van der Waals surface area contributed by atoms with Crippen LogP contribution in [-0.2, 0) is 26.4 Å². The second-order valence-corrected chi connectivity index (χ2v) is 16.0. The topological polar surface area (TPSA) is 131 Å². The molecule has 1 aromatic heterocycles. The van der Waals surface area contributed by atoms with Crippen molar-refractivity contribution in [3.05, 3.63) is 191 Å². The summed E-state index contributed by atoms with van der Waals surface area (Å²) in [5, 5.41) is 19.6. The van der Waals surface area contributed by atoms with Gasteiger partial charge in [0.05, 0.1) is 13.2 Å². The van der Waals surface area contributed by atoms with Gasteiger partial charge in [-0.15, -0.1) is 5.10 Å². The Kier molecular flexibility index (Phi) is 14.4. The number of carbonyl (C=O) groups is 3.